The van der Waals surface area contributed by atoms with Gasteiger partial charge in [0.1, 0.15) is 0 Å². The number of hydrogen-bond donors (Lipinski definition) is 0. The summed E-state index contributed by atoms with van der Waals surface area (Å²) in [6.45, 7) is 0. The molecule has 0 nitrogen and oxygen atoms in total. The van der Waals surface area contributed by atoms with Crippen molar-refractivity contribution in [3.05, 3.63) is 189 Å². The maximum atomic E-state index is 2.53. The lowest BCUT2D eigenvalue weighted by molar-refractivity contribution is 0.962. The third-order valence-electron chi connectivity index (χ3n) is 8.71. The Kier molecular flexibility index (Phi) is 5.38. The molecule has 0 spiro atoms. The lowest BCUT2D eigenvalue weighted by Gasteiger charge is -2.21. The normalized spacial score (nSPS) is 14.1. The second kappa shape index (κ2) is 9.36. The molecule has 0 bridgehead atoms. The van der Waals surface area contributed by atoms with Crippen molar-refractivity contribution in [3.8, 4) is 11.1 Å². The van der Waals surface area contributed by atoms with Crippen LogP contribution in [-0.2, 0) is 0 Å². The van der Waals surface area contributed by atoms with Crippen LogP contribution in [0.1, 0.15) is 67.5 Å². The zero-order chi connectivity index (χ0) is 26.5. The summed E-state index contributed by atoms with van der Waals surface area (Å²) < 4.78 is 0. The Hall–Kier alpha value is -4.94. The number of hydrogen-bond acceptors (Lipinski definition) is 0. The van der Waals surface area contributed by atoms with Crippen molar-refractivity contribution in [2.75, 3.05) is 0 Å². The van der Waals surface area contributed by atoms with Crippen LogP contribution in [0.15, 0.2) is 133 Å². The molecule has 4 aromatic carbocycles. The largest absolute Gasteiger partial charge is 0.0622 e. The van der Waals surface area contributed by atoms with Gasteiger partial charge in [0.25, 0.3) is 0 Å². The van der Waals surface area contributed by atoms with Crippen molar-refractivity contribution in [1.82, 2.24) is 0 Å². The molecule has 4 aliphatic rings. The molecule has 0 atom stereocenters. The first kappa shape index (κ1) is 23.0. The minimum Gasteiger partial charge on any atom is -0.0622 e. The maximum Gasteiger partial charge on any atom is 0.0358 e. The van der Waals surface area contributed by atoms with Gasteiger partial charge in [-0.2, -0.15) is 0 Å². The standard InChI is InChI=1S/C40H28/c1-2-20-35-36(21-3-1)38(40-33-18-10-6-14-29(33)24-25-30-15-7-11-19-34(30)40)26-37(35)39-31-16-8-4-12-27(31)22-23-28-13-5-9-17-32(28)39/h1-26,39-40H. The highest BCUT2D eigenvalue weighted by molar-refractivity contribution is 5.85. The van der Waals surface area contributed by atoms with Gasteiger partial charge < -0.3 is 0 Å². The minimum atomic E-state index is 0.135. The molecule has 0 amide bonds. The van der Waals surface area contributed by atoms with Gasteiger partial charge in [0.2, 0.25) is 0 Å². The smallest absolute Gasteiger partial charge is 0.0358 e. The Morgan fingerprint density at radius 2 is 0.575 bits per heavy atom. The quantitative estimate of drug-likeness (QED) is 0.218. The molecule has 4 aromatic rings. The molecule has 0 radical (unpaired) electrons. The summed E-state index contributed by atoms with van der Waals surface area (Å²) in [4.78, 5) is 0. The summed E-state index contributed by atoms with van der Waals surface area (Å²) in [5.41, 5.74) is 16.0. The Balaban J connectivity index is 1.44. The molecular weight excluding hydrogens is 480 g/mol. The van der Waals surface area contributed by atoms with Crippen LogP contribution >= 0.6 is 0 Å². The first-order chi connectivity index (χ1) is 19.9. The molecule has 188 valence electrons. The van der Waals surface area contributed by atoms with Gasteiger partial charge in [-0.05, 0) is 66.8 Å². The Morgan fingerprint density at radius 1 is 0.275 bits per heavy atom. The molecule has 0 heteroatoms. The van der Waals surface area contributed by atoms with Crippen LogP contribution in [0, 0.1) is 0 Å². The van der Waals surface area contributed by atoms with E-state index in [1.165, 1.54) is 66.8 Å². The van der Waals surface area contributed by atoms with E-state index in [4.69, 9.17) is 0 Å². The second-order valence-corrected chi connectivity index (χ2v) is 10.8. The zero-order valence-corrected chi connectivity index (χ0v) is 22.2. The van der Waals surface area contributed by atoms with E-state index in [9.17, 15) is 0 Å². The van der Waals surface area contributed by atoms with Gasteiger partial charge in [-0.25, -0.2) is 0 Å². The summed E-state index contributed by atoms with van der Waals surface area (Å²) in [5.74, 6) is 0.269. The fourth-order valence-corrected chi connectivity index (χ4v) is 6.92. The summed E-state index contributed by atoms with van der Waals surface area (Å²) in [6.07, 6.45) is 9.13. The van der Waals surface area contributed by atoms with Gasteiger partial charge in [-0.1, -0.05) is 158 Å². The predicted octanol–water partition coefficient (Wildman–Crippen LogP) is 10.1. The molecule has 0 aromatic heterocycles. The first-order valence-electron chi connectivity index (χ1n) is 14.1. The number of benzene rings is 4. The predicted molar refractivity (Wildman–Crippen MR) is 169 cm³/mol. The van der Waals surface area contributed by atoms with Crippen LogP contribution < -0.4 is 0 Å². The van der Waals surface area contributed by atoms with Gasteiger partial charge in [0.05, 0.1) is 0 Å². The second-order valence-electron chi connectivity index (χ2n) is 10.8. The first-order valence-corrected chi connectivity index (χ1v) is 14.1. The highest BCUT2D eigenvalue weighted by Gasteiger charge is 2.32. The van der Waals surface area contributed by atoms with E-state index in [0.717, 1.165) is 0 Å². The highest BCUT2D eigenvalue weighted by atomic mass is 14.4. The zero-order valence-electron chi connectivity index (χ0n) is 22.2. The van der Waals surface area contributed by atoms with Crippen LogP contribution in [0.2, 0.25) is 0 Å². The number of fused-ring (bicyclic) bond motifs is 5. The van der Waals surface area contributed by atoms with E-state index in [1.807, 2.05) is 0 Å². The average Bonchev–Trinajstić information content (AvgIpc) is 3.20. The summed E-state index contributed by atoms with van der Waals surface area (Å²) in [6, 6.07) is 49.3. The maximum absolute atomic E-state index is 2.53. The third kappa shape index (κ3) is 3.61. The highest BCUT2D eigenvalue weighted by Crippen LogP contribution is 2.50. The molecule has 0 saturated carbocycles. The van der Waals surface area contributed by atoms with E-state index in [1.54, 1.807) is 0 Å². The molecule has 8 rings (SSSR count). The van der Waals surface area contributed by atoms with Crippen LogP contribution in [0.5, 0.6) is 0 Å². The van der Waals surface area contributed by atoms with Crippen molar-refractivity contribution in [2.24, 2.45) is 0 Å². The Bertz CT molecular complexity index is 1680. The van der Waals surface area contributed by atoms with E-state index in [2.05, 4.69) is 158 Å². The SMILES string of the molecule is C1=Cc2ccccc2C(c2cc(C3c4ccccc4C=Cc4ccccc43)c3cccccc2-3)c2ccccc21. The molecule has 0 N–H and O–H groups in total. The molecule has 0 aliphatic heterocycles. The van der Waals surface area contributed by atoms with Gasteiger partial charge in [0, 0.05) is 11.8 Å². The van der Waals surface area contributed by atoms with E-state index in [0.29, 0.717) is 0 Å². The fraction of sp³-hybridized carbons (Fsp3) is 0.0500. The van der Waals surface area contributed by atoms with Crippen molar-refractivity contribution in [3.63, 3.8) is 0 Å². The third-order valence-corrected chi connectivity index (χ3v) is 8.71. The van der Waals surface area contributed by atoms with Crippen molar-refractivity contribution in [2.45, 2.75) is 11.8 Å². The molecule has 4 aliphatic carbocycles. The average molecular weight is 509 g/mol. The van der Waals surface area contributed by atoms with Gasteiger partial charge >= 0.3 is 0 Å². The number of rotatable bonds is 2. The summed E-state index contributed by atoms with van der Waals surface area (Å²) in [5, 5.41) is 0. The van der Waals surface area contributed by atoms with Crippen LogP contribution in [0.4, 0.5) is 0 Å². The molecular formula is C40H28. The molecule has 0 saturated heterocycles. The topological polar surface area (TPSA) is 0 Å². The molecule has 0 heterocycles. The van der Waals surface area contributed by atoms with Gasteiger partial charge in [0.15, 0.2) is 0 Å². The van der Waals surface area contributed by atoms with Crippen LogP contribution in [-0.4, -0.2) is 0 Å². The van der Waals surface area contributed by atoms with E-state index >= 15 is 0 Å². The van der Waals surface area contributed by atoms with Crippen molar-refractivity contribution >= 4 is 24.3 Å². The molecule has 0 unspecified atom stereocenters. The fourth-order valence-electron chi connectivity index (χ4n) is 6.92. The Morgan fingerprint density at radius 3 is 0.925 bits per heavy atom. The minimum absolute atomic E-state index is 0.135. The lowest BCUT2D eigenvalue weighted by atomic mass is 9.81. The van der Waals surface area contributed by atoms with E-state index < -0.39 is 0 Å². The van der Waals surface area contributed by atoms with Crippen LogP contribution in [0.3, 0.4) is 0 Å². The molecule has 0 fully saturated rings. The monoisotopic (exact) mass is 508 g/mol. The van der Waals surface area contributed by atoms with Gasteiger partial charge in [-0.15, -0.1) is 0 Å². The summed E-state index contributed by atoms with van der Waals surface area (Å²) in [7, 11) is 0. The Labute approximate surface area is 235 Å². The van der Waals surface area contributed by atoms with Crippen molar-refractivity contribution < 1.29 is 0 Å². The van der Waals surface area contributed by atoms with Gasteiger partial charge in [-0.3, -0.25) is 0 Å². The van der Waals surface area contributed by atoms with Crippen molar-refractivity contribution in [1.29, 1.82) is 0 Å². The lowest BCUT2D eigenvalue weighted by Crippen LogP contribution is -2.06. The summed E-state index contributed by atoms with van der Waals surface area (Å²) >= 11 is 0. The van der Waals surface area contributed by atoms with E-state index in [-0.39, 0.29) is 11.8 Å². The van der Waals surface area contributed by atoms with Crippen LogP contribution in [0.25, 0.3) is 35.4 Å². The molecule has 40 heavy (non-hydrogen) atoms.